The lowest BCUT2D eigenvalue weighted by Gasteiger charge is -2.22. The van der Waals surface area contributed by atoms with Crippen molar-refractivity contribution >= 4 is 6.29 Å². The lowest BCUT2D eigenvalue weighted by molar-refractivity contribution is -0.129. The molecule has 2 atom stereocenters. The van der Waals surface area contributed by atoms with Crippen LogP contribution in [0.4, 0.5) is 0 Å². The van der Waals surface area contributed by atoms with Gasteiger partial charge in [0.15, 0.2) is 6.29 Å². The molecule has 0 bridgehead atoms. The van der Waals surface area contributed by atoms with E-state index in [0.29, 0.717) is 6.61 Å². The minimum absolute atomic E-state index is 0.386. The van der Waals surface area contributed by atoms with E-state index in [1.807, 2.05) is 60.7 Å². The van der Waals surface area contributed by atoms with Crippen molar-refractivity contribution in [3.05, 3.63) is 71.8 Å². The minimum Gasteiger partial charge on any atom is -0.374 e. The van der Waals surface area contributed by atoms with E-state index in [9.17, 15) is 4.79 Å². The van der Waals surface area contributed by atoms with E-state index in [1.54, 1.807) is 7.11 Å². The number of ether oxygens (including phenoxy) is 2. The Kier molecular flexibility index (Phi) is 5.47. The first-order valence-corrected chi connectivity index (χ1v) is 6.53. The number of carbonyl (C=O) groups is 1. The number of carbonyl (C=O) groups excluding carboxylic acids is 1. The van der Waals surface area contributed by atoms with E-state index in [4.69, 9.17) is 9.47 Å². The summed E-state index contributed by atoms with van der Waals surface area (Å²) in [6.45, 7) is 0.386. The molecule has 0 fully saturated rings. The summed E-state index contributed by atoms with van der Waals surface area (Å²) in [6.07, 6.45) is -0.218. The molecule has 0 saturated heterocycles. The van der Waals surface area contributed by atoms with E-state index in [0.717, 1.165) is 17.4 Å². The normalized spacial score (nSPS) is 13.7. The van der Waals surface area contributed by atoms with E-state index in [1.165, 1.54) is 0 Å². The average Bonchev–Trinajstić information content (AvgIpc) is 2.53. The van der Waals surface area contributed by atoms with Gasteiger partial charge in [-0.05, 0) is 11.1 Å². The van der Waals surface area contributed by atoms with Crippen molar-refractivity contribution in [2.24, 2.45) is 0 Å². The second-order valence-electron chi connectivity index (χ2n) is 4.46. The highest BCUT2D eigenvalue weighted by Crippen LogP contribution is 2.22. The molecule has 0 aliphatic heterocycles. The molecule has 0 radical (unpaired) electrons. The first kappa shape index (κ1) is 14.4. The van der Waals surface area contributed by atoms with Gasteiger partial charge in [0.25, 0.3) is 0 Å². The summed E-state index contributed by atoms with van der Waals surface area (Å²) in [5, 5.41) is 0. The standard InChI is InChI=1S/C17H18O3/c1-19-17(15-10-6-3-7-11-15)16(12-18)20-13-14-8-4-2-5-9-14/h2-12,16-17H,13H2,1H3/t16-,17+/m0/s1. The van der Waals surface area contributed by atoms with E-state index in [-0.39, 0.29) is 0 Å². The molecule has 104 valence electrons. The first-order valence-electron chi connectivity index (χ1n) is 6.53. The Morgan fingerprint density at radius 2 is 1.60 bits per heavy atom. The highest BCUT2D eigenvalue weighted by atomic mass is 16.5. The molecule has 2 rings (SSSR count). The maximum Gasteiger partial charge on any atom is 0.151 e. The van der Waals surface area contributed by atoms with Gasteiger partial charge in [-0.25, -0.2) is 0 Å². The second kappa shape index (κ2) is 7.58. The Labute approximate surface area is 119 Å². The topological polar surface area (TPSA) is 35.5 Å². The number of methoxy groups -OCH3 is 1. The van der Waals surface area contributed by atoms with Gasteiger partial charge in [-0.1, -0.05) is 60.7 Å². The van der Waals surface area contributed by atoms with Gasteiger partial charge in [-0.2, -0.15) is 0 Å². The number of rotatable bonds is 7. The van der Waals surface area contributed by atoms with Crippen LogP contribution in [0.25, 0.3) is 0 Å². The summed E-state index contributed by atoms with van der Waals surface area (Å²) in [5.41, 5.74) is 1.96. The van der Waals surface area contributed by atoms with Gasteiger partial charge < -0.3 is 14.3 Å². The molecule has 0 amide bonds. The summed E-state index contributed by atoms with van der Waals surface area (Å²) in [5.74, 6) is 0. The summed E-state index contributed by atoms with van der Waals surface area (Å²) in [4.78, 5) is 11.3. The average molecular weight is 270 g/mol. The maximum atomic E-state index is 11.3. The van der Waals surface area contributed by atoms with Crippen LogP contribution in [-0.4, -0.2) is 19.5 Å². The molecule has 0 aromatic heterocycles. The Morgan fingerprint density at radius 1 is 1.00 bits per heavy atom. The summed E-state index contributed by atoms with van der Waals surface area (Å²) < 4.78 is 11.1. The van der Waals surface area contributed by atoms with Crippen LogP contribution in [0.3, 0.4) is 0 Å². The van der Waals surface area contributed by atoms with Crippen molar-refractivity contribution < 1.29 is 14.3 Å². The Balaban J connectivity index is 2.04. The lowest BCUT2D eigenvalue weighted by atomic mass is 10.1. The highest BCUT2D eigenvalue weighted by molar-refractivity contribution is 5.58. The van der Waals surface area contributed by atoms with Crippen LogP contribution in [0.2, 0.25) is 0 Å². The predicted molar refractivity (Wildman–Crippen MR) is 77.3 cm³/mol. The Morgan fingerprint density at radius 3 is 2.15 bits per heavy atom. The highest BCUT2D eigenvalue weighted by Gasteiger charge is 2.23. The molecule has 3 nitrogen and oxygen atoms in total. The van der Waals surface area contributed by atoms with Gasteiger partial charge in [-0.15, -0.1) is 0 Å². The van der Waals surface area contributed by atoms with Gasteiger partial charge in [0, 0.05) is 7.11 Å². The van der Waals surface area contributed by atoms with Crippen LogP contribution in [-0.2, 0) is 20.9 Å². The smallest absolute Gasteiger partial charge is 0.151 e. The molecule has 0 aliphatic carbocycles. The molecular weight excluding hydrogens is 252 g/mol. The fourth-order valence-corrected chi connectivity index (χ4v) is 2.07. The molecule has 0 saturated carbocycles. The van der Waals surface area contributed by atoms with Crippen molar-refractivity contribution in [1.29, 1.82) is 0 Å². The predicted octanol–water partition coefficient (Wildman–Crippen LogP) is 3.16. The SMILES string of the molecule is CO[C@H](c1ccccc1)[C@H](C=O)OCc1ccccc1. The zero-order chi connectivity index (χ0) is 14.2. The fourth-order valence-electron chi connectivity index (χ4n) is 2.07. The van der Waals surface area contributed by atoms with Gasteiger partial charge in [0.1, 0.15) is 12.2 Å². The number of benzene rings is 2. The molecule has 2 aromatic rings. The third-order valence-electron chi connectivity index (χ3n) is 3.10. The quantitative estimate of drug-likeness (QED) is 0.725. The third-order valence-corrected chi connectivity index (χ3v) is 3.10. The van der Waals surface area contributed by atoms with Gasteiger partial charge in [-0.3, -0.25) is 0 Å². The van der Waals surface area contributed by atoms with Crippen molar-refractivity contribution in [1.82, 2.24) is 0 Å². The van der Waals surface area contributed by atoms with E-state index in [2.05, 4.69) is 0 Å². The Hall–Kier alpha value is -1.97. The van der Waals surface area contributed by atoms with Crippen LogP contribution in [0.15, 0.2) is 60.7 Å². The molecule has 0 aliphatic rings. The van der Waals surface area contributed by atoms with Crippen molar-refractivity contribution in [2.45, 2.75) is 18.8 Å². The van der Waals surface area contributed by atoms with Gasteiger partial charge in [0.05, 0.1) is 6.61 Å². The number of hydrogen-bond donors (Lipinski definition) is 0. The van der Waals surface area contributed by atoms with E-state index < -0.39 is 12.2 Å². The van der Waals surface area contributed by atoms with Crippen LogP contribution >= 0.6 is 0 Å². The zero-order valence-electron chi connectivity index (χ0n) is 11.4. The molecular formula is C17H18O3. The lowest BCUT2D eigenvalue weighted by Crippen LogP contribution is -2.25. The summed E-state index contributed by atoms with van der Waals surface area (Å²) in [7, 11) is 1.58. The van der Waals surface area contributed by atoms with E-state index >= 15 is 0 Å². The molecule has 0 unspecified atom stereocenters. The van der Waals surface area contributed by atoms with Crippen LogP contribution < -0.4 is 0 Å². The van der Waals surface area contributed by atoms with Crippen LogP contribution in [0.5, 0.6) is 0 Å². The second-order valence-corrected chi connectivity index (χ2v) is 4.46. The zero-order valence-corrected chi connectivity index (χ0v) is 11.4. The van der Waals surface area contributed by atoms with Crippen LogP contribution in [0, 0.1) is 0 Å². The van der Waals surface area contributed by atoms with Crippen molar-refractivity contribution in [2.75, 3.05) is 7.11 Å². The largest absolute Gasteiger partial charge is 0.374 e. The summed E-state index contributed by atoms with van der Waals surface area (Å²) >= 11 is 0. The number of aldehydes is 1. The molecule has 0 N–H and O–H groups in total. The maximum absolute atomic E-state index is 11.3. The molecule has 20 heavy (non-hydrogen) atoms. The number of hydrogen-bond acceptors (Lipinski definition) is 3. The minimum atomic E-state index is -0.623. The summed E-state index contributed by atoms with van der Waals surface area (Å²) in [6, 6.07) is 19.4. The van der Waals surface area contributed by atoms with Gasteiger partial charge >= 0.3 is 0 Å². The Bertz CT molecular complexity index is 510. The van der Waals surface area contributed by atoms with Crippen molar-refractivity contribution in [3.8, 4) is 0 Å². The third kappa shape index (κ3) is 3.76. The monoisotopic (exact) mass is 270 g/mol. The molecule has 0 spiro atoms. The van der Waals surface area contributed by atoms with Gasteiger partial charge in [0.2, 0.25) is 0 Å². The molecule has 3 heteroatoms. The first-order chi connectivity index (χ1) is 9.85. The van der Waals surface area contributed by atoms with Crippen molar-refractivity contribution in [3.63, 3.8) is 0 Å². The fraction of sp³-hybridized carbons (Fsp3) is 0.235. The van der Waals surface area contributed by atoms with Crippen LogP contribution in [0.1, 0.15) is 17.2 Å². The molecule has 0 heterocycles. The molecule has 2 aromatic carbocycles.